The molecule has 0 aliphatic rings. The fourth-order valence-electron chi connectivity index (χ4n) is 2.21. The van der Waals surface area contributed by atoms with Crippen LogP contribution in [0.2, 0.25) is 0 Å². The van der Waals surface area contributed by atoms with Gasteiger partial charge in [0.15, 0.2) is 5.96 Å². The molecule has 0 bridgehead atoms. The first-order valence-electron chi connectivity index (χ1n) is 8.00. The van der Waals surface area contributed by atoms with E-state index >= 15 is 0 Å². The molecule has 0 aliphatic carbocycles. The van der Waals surface area contributed by atoms with Crippen molar-refractivity contribution in [2.75, 3.05) is 6.54 Å². The summed E-state index contributed by atoms with van der Waals surface area (Å²) in [5.74, 6) is 0.964. The number of thiophene rings is 1. The number of oxazole rings is 1. The van der Waals surface area contributed by atoms with E-state index in [0.29, 0.717) is 30.5 Å². The minimum atomic E-state index is -0.251. The van der Waals surface area contributed by atoms with E-state index < -0.39 is 0 Å². The van der Waals surface area contributed by atoms with Gasteiger partial charge >= 0.3 is 0 Å². The average molecular weight is 358 g/mol. The predicted octanol–water partition coefficient (Wildman–Crippen LogP) is 3.80. The quantitative estimate of drug-likeness (QED) is 0.520. The summed E-state index contributed by atoms with van der Waals surface area (Å²) in [6.45, 7) is 3.42. The first kappa shape index (κ1) is 17.2. The second-order valence-electron chi connectivity index (χ2n) is 5.26. The molecular weight excluding hydrogens is 339 g/mol. The van der Waals surface area contributed by atoms with Gasteiger partial charge in [0.1, 0.15) is 12.1 Å². The minimum Gasteiger partial charge on any atom is -0.443 e. The lowest BCUT2D eigenvalue weighted by atomic mass is 10.2. The second kappa shape index (κ2) is 8.43. The van der Waals surface area contributed by atoms with Crippen molar-refractivity contribution in [3.8, 4) is 10.8 Å². The maximum atomic E-state index is 13.7. The number of nitrogens with zero attached hydrogens (tertiary/aromatic N) is 2. The van der Waals surface area contributed by atoms with Gasteiger partial charge in [0.25, 0.3) is 0 Å². The molecule has 0 aliphatic heterocycles. The monoisotopic (exact) mass is 358 g/mol. The van der Waals surface area contributed by atoms with Gasteiger partial charge in [0.05, 0.1) is 23.7 Å². The SMILES string of the molecule is CCNC(=NCc1ccccc1F)NCc1coc(-c2cccs2)n1. The van der Waals surface area contributed by atoms with Crippen LogP contribution in [0.5, 0.6) is 0 Å². The molecule has 130 valence electrons. The van der Waals surface area contributed by atoms with Crippen molar-refractivity contribution in [3.05, 3.63) is 65.1 Å². The smallest absolute Gasteiger partial charge is 0.236 e. The van der Waals surface area contributed by atoms with Gasteiger partial charge in [-0.05, 0) is 24.4 Å². The zero-order chi connectivity index (χ0) is 17.5. The minimum absolute atomic E-state index is 0.251. The lowest BCUT2D eigenvalue weighted by Crippen LogP contribution is -2.36. The molecule has 3 aromatic rings. The highest BCUT2D eigenvalue weighted by Crippen LogP contribution is 2.23. The van der Waals surface area contributed by atoms with Crippen LogP contribution in [0, 0.1) is 5.82 Å². The summed E-state index contributed by atoms with van der Waals surface area (Å²) in [6, 6.07) is 10.6. The van der Waals surface area contributed by atoms with Gasteiger partial charge in [0.2, 0.25) is 5.89 Å². The van der Waals surface area contributed by atoms with E-state index in [-0.39, 0.29) is 12.4 Å². The zero-order valence-corrected chi connectivity index (χ0v) is 14.6. The van der Waals surface area contributed by atoms with Crippen molar-refractivity contribution in [3.63, 3.8) is 0 Å². The first-order chi connectivity index (χ1) is 12.3. The van der Waals surface area contributed by atoms with E-state index in [1.807, 2.05) is 24.4 Å². The van der Waals surface area contributed by atoms with Crippen LogP contribution in [0.3, 0.4) is 0 Å². The highest BCUT2D eigenvalue weighted by Gasteiger charge is 2.08. The summed E-state index contributed by atoms with van der Waals surface area (Å²) in [5, 5.41) is 8.30. The molecule has 1 aromatic carbocycles. The van der Waals surface area contributed by atoms with Gasteiger partial charge in [-0.3, -0.25) is 0 Å². The van der Waals surface area contributed by atoms with Crippen LogP contribution in [0.1, 0.15) is 18.2 Å². The molecule has 2 heterocycles. The Hall–Kier alpha value is -2.67. The molecule has 0 radical (unpaired) electrons. The molecule has 0 saturated heterocycles. The van der Waals surface area contributed by atoms with Crippen LogP contribution in [-0.2, 0) is 13.1 Å². The third-order valence-corrected chi connectivity index (χ3v) is 4.29. The molecule has 0 fully saturated rings. The normalized spacial score (nSPS) is 11.5. The lowest BCUT2D eigenvalue weighted by Gasteiger charge is -2.10. The molecule has 0 spiro atoms. The zero-order valence-electron chi connectivity index (χ0n) is 13.8. The van der Waals surface area contributed by atoms with Crippen molar-refractivity contribution in [1.29, 1.82) is 0 Å². The van der Waals surface area contributed by atoms with Gasteiger partial charge in [-0.25, -0.2) is 14.4 Å². The maximum Gasteiger partial charge on any atom is 0.236 e. The summed E-state index contributed by atoms with van der Waals surface area (Å²) in [5.41, 5.74) is 1.33. The fourth-order valence-corrected chi connectivity index (χ4v) is 2.86. The first-order valence-corrected chi connectivity index (χ1v) is 8.88. The van der Waals surface area contributed by atoms with Gasteiger partial charge in [0, 0.05) is 12.1 Å². The van der Waals surface area contributed by atoms with Crippen LogP contribution in [0.4, 0.5) is 4.39 Å². The molecule has 5 nitrogen and oxygen atoms in total. The number of halogens is 1. The summed E-state index contributed by atoms with van der Waals surface area (Å²) in [7, 11) is 0. The Morgan fingerprint density at radius 1 is 1.24 bits per heavy atom. The number of hydrogen-bond acceptors (Lipinski definition) is 4. The van der Waals surface area contributed by atoms with E-state index in [1.165, 1.54) is 6.07 Å². The molecular formula is C18H19FN4OS. The number of aromatic nitrogens is 1. The van der Waals surface area contributed by atoms with Crippen molar-refractivity contribution >= 4 is 17.3 Å². The average Bonchev–Trinajstić information content (AvgIpc) is 3.30. The number of hydrogen-bond donors (Lipinski definition) is 2. The summed E-state index contributed by atoms with van der Waals surface area (Å²) in [6.07, 6.45) is 1.63. The standard InChI is InChI=1S/C18H19FN4OS/c1-2-20-18(21-10-13-6-3-4-7-15(13)19)22-11-14-12-24-17(23-14)16-8-5-9-25-16/h3-9,12H,2,10-11H2,1H3,(H2,20,21,22). The number of nitrogens with one attached hydrogen (secondary N) is 2. The van der Waals surface area contributed by atoms with E-state index in [1.54, 1.807) is 35.8 Å². The van der Waals surface area contributed by atoms with Crippen molar-refractivity contribution < 1.29 is 8.81 Å². The molecule has 0 saturated carbocycles. The van der Waals surface area contributed by atoms with Gasteiger partial charge in [-0.1, -0.05) is 24.3 Å². The topological polar surface area (TPSA) is 62.5 Å². The van der Waals surface area contributed by atoms with Crippen LogP contribution in [0.15, 0.2) is 57.5 Å². The Morgan fingerprint density at radius 2 is 2.12 bits per heavy atom. The van der Waals surface area contributed by atoms with Crippen LogP contribution in [0.25, 0.3) is 10.8 Å². The van der Waals surface area contributed by atoms with E-state index in [2.05, 4.69) is 20.6 Å². The molecule has 3 rings (SSSR count). The highest BCUT2D eigenvalue weighted by molar-refractivity contribution is 7.13. The Morgan fingerprint density at radius 3 is 2.88 bits per heavy atom. The molecule has 0 atom stereocenters. The second-order valence-corrected chi connectivity index (χ2v) is 6.21. The largest absolute Gasteiger partial charge is 0.443 e. The van der Waals surface area contributed by atoms with Crippen LogP contribution < -0.4 is 10.6 Å². The van der Waals surface area contributed by atoms with Crippen molar-refractivity contribution in [2.45, 2.75) is 20.0 Å². The van der Waals surface area contributed by atoms with E-state index in [0.717, 1.165) is 10.6 Å². The third-order valence-electron chi connectivity index (χ3n) is 3.43. The van der Waals surface area contributed by atoms with Crippen molar-refractivity contribution in [1.82, 2.24) is 15.6 Å². The number of benzene rings is 1. The lowest BCUT2D eigenvalue weighted by molar-refractivity contribution is 0.573. The number of aliphatic imine (C=N–C) groups is 1. The van der Waals surface area contributed by atoms with Crippen LogP contribution in [-0.4, -0.2) is 17.5 Å². The van der Waals surface area contributed by atoms with Crippen LogP contribution >= 0.6 is 11.3 Å². The number of rotatable bonds is 6. The highest BCUT2D eigenvalue weighted by atomic mass is 32.1. The van der Waals surface area contributed by atoms with E-state index in [4.69, 9.17) is 4.42 Å². The van der Waals surface area contributed by atoms with Gasteiger partial charge < -0.3 is 15.1 Å². The molecule has 25 heavy (non-hydrogen) atoms. The molecule has 2 N–H and O–H groups in total. The van der Waals surface area contributed by atoms with Gasteiger partial charge in [-0.2, -0.15) is 0 Å². The predicted molar refractivity (Wildman–Crippen MR) is 97.9 cm³/mol. The molecule has 7 heteroatoms. The number of guanidine groups is 1. The Kier molecular flexibility index (Phi) is 5.79. The third kappa shape index (κ3) is 4.67. The summed E-state index contributed by atoms with van der Waals surface area (Å²) in [4.78, 5) is 9.86. The Balaban J connectivity index is 1.62. The fraction of sp³-hybridized carbons (Fsp3) is 0.222. The van der Waals surface area contributed by atoms with Crippen molar-refractivity contribution in [2.24, 2.45) is 4.99 Å². The van der Waals surface area contributed by atoms with Gasteiger partial charge in [-0.15, -0.1) is 11.3 Å². The summed E-state index contributed by atoms with van der Waals surface area (Å²) >= 11 is 1.58. The Bertz CT molecular complexity index is 829. The molecule has 2 aromatic heterocycles. The maximum absolute atomic E-state index is 13.7. The summed E-state index contributed by atoms with van der Waals surface area (Å²) < 4.78 is 19.2. The van der Waals surface area contributed by atoms with E-state index in [9.17, 15) is 4.39 Å². The Labute approximate surface area is 149 Å². The molecule has 0 unspecified atom stereocenters. The molecule has 0 amide bonds.